The van der Waals surface area contributed by atoms with Crippen LogP contribution in [0, 0.1) is 0 Å². The molecule has 1 aliphatic heterocycles. The summed E-state index contributed by atoms with van der Waals surface area (Å²) in [5.74, 6) is 0. The van der Waals surface area contributed by atoms with Crippen LogP contribution < -0.4 is 0 Å². The first kappa shape index (κ1) is 12.9. The smallest absolute Gasteiger partial charge is 0.292 e. The fourth-order valence-electron chi connectivity index (χ4n) is 1.06. The topological polar surface area (TPSA) is 9.23 Å². The van der Waals surface area contributed by atoms with Gasteiger partial charge in [-0.25, -0.2) is 0 Å². The standard InChI is InChI=1S/C5HBrF8O/c6-1-2(4(9,10)11,5(12,13)14)15-3(1,7)8/h1H. The lowest BCUT2D eigenvalue weighted by Crippen LogP contribution is -2.78. The van der Waals surface area contributed by atoms with Gasteiger partial charge in [0, 0.05) is 0 Å². The summed E-state index contributed by atoms with van der Waals surface area (Å²) >= 11 is 1.66. The minimum Gasteiger partial charge on any atom is -0.292 e. The molecule has 1 unspecified atom stereocenters. The second-order valence-electron chi connectivity index (χ2n) is 2.76. The molecule has 10 heteroatoms. The third kappa shape index (κ3) is 1.52. The Bertz CT molecular complexity index is 253. The molecule has 1 atom stereocenters. The Labute approximate surface area is 85.5 Å². The van der Waals surface area contributed by atoms with E-state index in [1.54, 1.807) is 15.9 Å². The summed E-state index contributed by atoms with van der Waals surface area (Å²) in [6, 6.07) is 0. The molecule has 1 saturated heterocycles. The Morgan fingerprint density at radius 2 is 1.27 bits per heavy atom. The van der Waals surface area contributed by atoms with Gasteiger partial charge in [-0.1, -0.05) is 15.9 Å². The summed E-state index contributed by atoms with van der Waals surface area (Å²) in [7, 11) is 0. The van der Waals surface area contributed by atoms with Crippen LogP contribution in [0.1, 0.15) is 0 Å². The molecular formula is C5HBrF8O. The maximum absolute atomic E-state index is 12.2. The second-order valence-corrected chi connectivity index (χ2v) is 3.67. The van der Waals surface area contributed by atoms with Crippen molar-refractivity contribution in [2.24, 2.45) is 0 Å². The van der Waals surface area contributed by atoms with E-state index in [4.69, 9.17) is 0 Å². The number of hydrogen-bond acceptors (Lipinski definition) is 1. The summed E-state index contributed by atoms with van der Waals surface area (Å²) < 4.78 is 99.4. The van der Waals surface area contributed by atoms with Gasteiger partial charge >= 0.3 is 18.5 Å². The Hall–Kier alpha value is -0.120. The predicted octanol–water partition coefficient (Wildman–Crippen LogP) is 3.24. The van der Waals surface area contributed by atoms with Gasteiger partial charge < -0.3 is 0 Å². The van der Waals surface area contributed by atoms with Crippen LogP contribution in [0.25, 0.3) is 0 Å². The molecule has 1 rings (SSSR count). The van der Waals surface area contributed by atoms with Crippen molar-refractivity contribution in [2.45, 2.75) is 28.9 Å². The lowest BCUT2D eigenvalue weighted by molar-refractivity contribution is -0.507. The van der Waals surface area contributed by atoms with E-state index in [9.17, 15) is 35.1 Å². The van der Waals surface area contributed by atoms with Gasteiger partial charge in [-0.2, -0.15) is 35.1 Å². The average Bonchev–Trinajstić information content (AvgIpc) is 1.94. The van der Waals surface area contributed by atoms with Crippen LogP contribution >= 0.6 is 15.9 Å². The zero-order valence-electron chi connectivity index (χ0n) is 6.39. The lowest BCUT2D eigenvalue weighted by atomic mass is 9.91. The van der Waals surface area contributed by atoms with Gasteiger partial charge in [-0.15, -0.1) is 0 Å². The third-order valence-corrected chi connectivity index (χ3v) is 2.97. The summed E-state index contributed by atoms with van der Waals surface area (Å²) in [6.07, 6.45) is -16.4. The molecule has 0 aromatic rings. The molecule has 0 aromatic heterocycles. The van der Waals surface area contributed by atoms with Gasteiger partial charge in [0.05, 0.1) is 0 Å². The molecule has 0 saturated carbocycles. The molecule has 0 spiro atoms. The van der Waals surface area contributed by atoms with E-state index >= 15 is 0 Å². The van der Waals surface area contributed by atoms with Crippen LogP contribution in [-0.2, 0) is 4.74 Å². The number of hydrogen-bond donors (Lipinski definition) is 0. The van der Waals surface area contributed by atoms with E-state index in [0.29, 0.717) is 0 Å². The minimum absolute atomic E-state index is 1.66. The molecule has 15 heavy (non-hydrogen) atoms. The monoisotopic (exact) mass is 308 g/mol. The summed E-state index contributed by atoms with van der Waals surface area (Å²) in [6.45, 7) is 0. The quantitative estimate of drug-likeness (QED) is 0.493. The van der Waals surface area contributed by atoms with Crippen molar-refractivity contribution in [3.05, 3.63) is 0 Å². The lowest BCUT2D eigenvalue weighted by Gasteiger charge is -2.51. The van der Waals surface area contributed by atoms with Gasteiger partial charge in [-0.05, 0) is 0 Å². The molecule has 1 nitrogen and oxygen atoms in total. The van der Waals surface area contributed by atoms with E-state index in [1.165, 1.54) is 0 Å². The summed E-state index contributed by atoms with van der Waals surface area (Å²) in [4.78, 5) is -3.18. The van der Waals surface area contributed by atoms with Gasteiger partial charge in [0.15, 0.2) is 4.83 Å². The largest absolute Gasteiger partial charge is 0.428 e. The number of ether oxygens (including phenoxy) is 1. The predicted molar refractivity (Wildman–Crippen MR) is 33.6 cm³/mol. The molecule has 0 radical (unpaired) electrons. The van der Waals surface area contributed by atoms with E-state index in [0.717, 1.165) is 0 Å². The zero-order chi connectivity index (χ0) is 12.3. The first-order chi connectivity index (χ1) is 6.36. The first-order valence-electron chi connectivity index (χ1n) is 3.22. The zero-order valence-corrected chi connectivity index (χ0v) is 7.97. The normalized spacial score (nSPS) is 29.8. The summed E-state index contributed by atoms with van der Waals surface area (Å²) in [5, 5.41) is 0. The van der Waals surface area contributed by atoms with E-state index in [1.807, 2.05) is 0 Å². The van der Waals surface area contributed by atoms with Crippen LogP contribution in [0.2, 0.25) is 0 Å². The van der Waals surface area contributed by atoms with E-state index in [2.05, 4.69) is 4.74 Å². The first-order valence-corrected chi connectivity index (χ1v) is 4.13. The number of rotatable bonds is 0. The van der Waals surface area contributed by atoms with Crippen molar-refractivity contribution in [1.29, 1.82) is 0 Å². The van der Waals surface area contributed by atoms with E-state index in [-0.39, 0.29) is 0 Å². The molecule has 1 aliphatic rings. The summed E-state index contributed by atoms with van der Waals surface area (Å²) in [5.41, 5.74) is -4.84. The average molecular weight is 309 g/mol. The van der Waals surface area contributed by atoms with E-state index < -0.39 is 28.9 Å². The second kappa shape index (κ2) is 2.96. The molecule has 0 N–H and O–H groups in total. The molecular weight excluding hydrogens is 308 g/mol. The van der Waals surface area contributed by atoms with Gasteiger partial charge in [-0.3, -0.25) is 4.74 Å². The number of alkyl halides is 9. The van der Waals surface area contributed by atoms with Crippen molar-refractivity contribution < 1.29 is 39.9 Å². The Balaban J connectivity index is 3.16. The Morgan fingerprint density at radius 1 is 0.933 bits per heavy atom. The van der Waals surface area contributed by atoms with Gasteiger partial charge in [0.1, 0.15) is 0 Å². The number of halogens is 9. The highest BCUT2D eigenvalue weighted by Crippen LogP contribution is 2.62. The van der Waals surface area contributed by atoms with Crippen LogP contribution in [0.3, 0.4) is 0 Å². The molecule has 0 bridgehead atoms. The van der Waals surface area contributed by atoms with Crippen molar-refractivity contribution >= 4 is 15.9 Å². The van der Waals surface area contributed by atoms with Crippen molar-refractivity contribution in [3.63, 3.8) is 0 Å². The van der Waals surface area contributed by atoms with Crippen LogP contribution in [0.5, 0.6) is 0 Å². The minimum atomic E-state index is -5.97. The fraction of sp³-hybridized carbons (Fsp3) is 1.00. The molecule has 1 fully saturated rings. The van der Waals surface area contributed by atoms with Crippen LogP contribution in [-0.4, -0.2) is 28.9 Å². The molecule has 1 heterocycles. The fourth-order valence-corrected chi connectivity index (χ4v) is 1.77. The highest BCUT2D eigenvalue weighted by atomic mass is 79.9. The Morgan fingerprint density at radius 3 is 1.33 bits per heavy atom. The van der Waals surface area contributed by atoms with Crippen molar-refractivity contribution in [1.82, 2.24) is 0 Å². The SMILES string of the molecule is FC1(F)OC(C(F)(F)F)(C(F)(F)F)C1Br. The third-order valence-electron chi connectivity index (χ3n) is 1.79. The van der Waals surface area contributed by atoms with Gasteiger partial charge in [0.25, 0.3) is 5.60 Å². The highest BCUT2D eigenvalue weighted by Gasteiger charge is 2.88. The Kier molecular flexibility index (Phi) is 2.56. The van der Waals surface area contributed by atoms with Crippen LogP contribution in [0.15, 0.2) is 0 Å². The molecule has 0 aromatic carbocycles. The van der Waals surface area contributed by atoms with Crippen molar-refractivity contribution in [3.8, 4) is 0 Å². The maximum Gasteiger partial charge on any atom is 0.428 e. The van der Waals surface area contributed by atoms with Crippen molar-refractivity contribution in [2.75, 3.05) is 0 Å². The molecule has 0 amide bonds. The van der Waals surface area contributed by atoms with Gasteiger partial charge in [0.2, 0.25) is 0 Å². The highest BCUT2D eigenvalue weighted by molar-refractivity contribution is 9.09. The van der Waals surface area contributed by atoms with Crippen LogP contribution in [0.4, 0.5) is 35.1 Å². The molecule has 0 aliphatic carbocycles. The molecule has 90 valence electrons. The maximum atomic E-state index is 12.2.